The van der Waals surface area contributed by atoms with Gasteiger partial charge in [0.15, 0.2) is 0 Å². The number of hydrogen-bond donors (Lipinski definition) is 0. The van der Waals surface area contributed by atoms with Crippen LogP contribution in [0.2, 0.25) is 0 Å². The topological polar surface area (TPSA) is 49.0 Å². The summed E-state index contributed by atoms with van der Waals surface area (Å²) in [5.41, 5.74) is 2.74. The Hall–Kier alpha value is -2.21. The Bertz CT molecular complexity index is 652. The van der Waals surface area contributed by atoms with E-state index in [9.17, 15) is 5.26 Å². The van der Waals surface area contributed by atoms with Gasteiger partial charge < -0.3 is 0 Å². The van der Waals surface area contributed by atoms with Gasteiger partial charge in [0, 0.05) is 17.6 Å². The molecule has 0 N–H and O–H groups in total. The summed E-state index contributed by atoms with van der Waals surface area (Å²) < 4.78 is 0. The van der Waals surface area contributed by atoms with Crippen molar-refractivity contribution in [2.75, 3.05) is 6.54 Å². The summed E-state index contributed by atoms with van der Waals surface area (Å²) in [5, 5.41) is 10.4. The minimum Gasteiger partial charge on any atom is -0.292 e. The minimum atomic E-state index is -0.280. The molecule has 0 saturated carbocycles. The van der Waals surface area contributed by atoms with Gasteiger partial charge in [0.1, 0.15) is 5.92 Å². The molecule has 2 heterocycles. The van der Waals surface area contributed by atoms with Crippen molar-refractivity contribution in [2.24, 2.45) is 4.99 Å². The highest BCUT2D eigenvalue weighted by Crippen LogP contribution is 2.23. The summed E-state index contributed by atoms with van der Waals surface area (Å²) in [6.07, 6.45) is 1.98. The third-order valence-electron chi connectivity index (χ3n) is 3.28. The lowest BCUT2D eigenvalue weighted by molar-refractivity contribution is 0.944. The summed E-state index contributed by atoms with van der Waals surface area (Å²) in [6, 6.07) is 14.3. The Kier molecular flexibility index (Phi) is 2.77. The Balaban J connectivity index is 2.05. The number of pyridine rings is 1. The molecular weight excluding hydrogens is 222 g/mol. The number of para-hydroxylation sites is 1. The van der Waals surface area contributed by atoms with Crippen LogP contribution < -0.4 is 0 Å². The van der Waals surface area contributed by atoms with Crippen molar-refractivity contribution < 1.29 is 0 Å². The van der Waals surface area contributed by atoms with Crippen molar-refractivity contribution in [2.45, 2.75) is 18.8 Å². The van der Waals surface area contributed by atoms with Crippen LogP contribution in [-0.2, 0) is 0 Å². The summed E-state index contributed by atoms with van der Waals surface area (Å²) >= 11 is 0. The second kappa shape index (κ2) is 4.58. The van der Waals surface area contributed by atoms with E-state index in [0.29, 0.717) is 0 Å². The standard InChI is InChI=1S/C15H13N3/c16-10-12(14-6-3-9-17-14)15-8-7-11-4-1-2-5-13(11)18-15/h1-2,4-5,7-8,12H,3,6,9H2/t12-/m0/s1. The predicted octanol–water partition coefficient (Wildman–Crippen LogP) is 3.08. The number of nitrogens with zero attached hydrogens (tertiary/aromatic N) is 3. The van der Waals surface area contributed by atoms with Crippen LogP contribution in [0.15, 0.2) is 41.4 Å². The van der Waals surface area contributed by atoms with Crippen LogP contribution in [0.25, 0.3) is 10.9 Å². The molecule has 1 aliphatic rings. The number of benzene rings is 1. The second-order valence-corrected chi connectivity index (χ2v) is 4.47. The van der Waals surface area contributed by atoms with Crippen LogP contribution in [-0.4, -0.2) is 17.2 Å². The average molecular weight is 235 g/mol. The van der Waals surface area contributed by atoms with Crippen molar-refractivity contribution in [1.29, 1.82) is 5.26 Å². The van der Waals surface area contributed by atoms with Gasteiger partial charge in [-0.15, -0.1) is 0 Å². The molecule has 0 unspecified atom stereocenters. The molecule has 1 atom stereocenters. The Morgan fingerprint density at radius 3 is 2.83 bits per heavy atom. The maximum absolute atomic E-state index is 9.34. The Morgan fingerprint density at radius 1 is 1.17 bits per heavy atom. The molecule has 1 aromatic heterocycles. The summed E-state index contributed by atoms with van der Waals surface area (Å²) in [7, 11) is 0. The lowest BCUT2D eigenvalue weighted by Gasteiger charge is -2.09. The molecule has 0 spiro atoms. The molecule has 0 fully saturated rings. The highest BCUT2D eigenvalue weighted by molar-refractivity contribution is 5.94. The smallest absolute Gasteiger partial charge is 0.126 e. The van der Waals surface area contributed by atoms with Gasteiger partial charge in [-0.1, -0.05) is 24.3 Å². The molecule has 1 aliphatic heterocycles. The highest BCUT2D eigenvalue weighted by Gasteiger charge is 2.21. The molecule has 3 rings (SSSR count). The molecule has 1 aromatic carbocycles. The van der Waals surface area contributed by atoms with Crippen LogP contribution in [0.4, 0.5) is 0 Å². The number of hydrogen-bond acceptors (Lipinski definition) is 3. The zero-order valence-electron chi connectivity index (χ0n) is 10.0. The molecule has 3 nitrogen and oxygen atoms in total. The summed E-state index contributed by atoms with van der Waals surface area (Å²) in [4.78, 5) is 9.01. The van der Waals surface area contributed by atoms with Crippen LogP contribution in [0.5, 0.6) is 0 Å². The van der Waals surface area contributed by atoms with E-state index in [1.807, 2.05) is 36.4 Å². The molecule has 0 amide bonds. The first-order chi connectivity index (χ1) is 8.88. The molecule has 2 aromatic rings. The third-order valence-corrected chi connectivity index (χ3v) is 3.28. The fourth-order valence-corrected chi connectivity index (χ4v) is 2.35. The normalized spacial score (nSPS) is 16.3. The molecule has 0 saturated heterocycles. The lowest BCUT2D eigenvalue weighted by Crippen LogP contribution is -2.10. The van der Waals surface area contributed by atoms with Crippen molar-refractivity contribution in [3.8, 4) is 6.07 Å². The number of aromatic nitrogens is 1. The Labute approximate surface area is 106 Å². The maximum Gasteiger partial charge on any atom is 0.126 e. The lowest BCUT2D eigenvalue weighted by atomic mass is 9.97. The number of fused-ring (bicyclic) bond motifs is 1. The molecule has 0 bridgehead atoms. The number of aliphatic imine (C=N–C) groups is 1. The van der Waals surface area contributed by atoms with E-state index in [2.05, 4.69) is 16.0 Å². The van der Waals surface area contributed by atoms with Gasteiger partial charge in [-0.2, -0.15) is 5.26 Å². The van der Waals surface area contributed by atoms with Crippen LogP contribution >= 0.6 is 0 Å². The number of nitriles is 1. The van der Waals surface area contributed by atoms with E-state index in [1.54, 1.807) is 0 Å². The molecule has 3 heteroatoms. The predicted molar refractivity (Wildman–Crippen MR) is 71.6 cm³/mol. The third kappa shape index (κ3) is 1.86. The molecule has 88 valence electrons. The van der Waals surface area contributed by atoms with Crippen LogP contribution in [0.3, 0.4) is 0 Å². The molecule has 0 aliphatic carbocycles. The van der Waals surface area contributed by atoms with Gasteiger partial charge in [-0.3, -0.25) is 9.98 Å². The van der Waals surface area contributed by atoms with Gasteiger partial charge in [0.05, 0.1) is 17.3 Å². The van der Waals surface area contributed by atoms with Gasteiger partial charge in [-0.05, 0) is 25.0 Å². The fourth-order valence-electron chi connectivity index (χ4n) is 2.35. The van der Waals surface area contributed by atoms with Crippen molar-refractivity contribution in [3.63, 3.8) is 0 Å². The van der Waals surface area contributed by atoms with Crippen LogP contribution in [0, 0.1) is 11.3 Å². The SMILES string of the molecule is N#C[C@@H](C1=NCCC1)c1ccc2ccccc2n1. The zero-order chi connectivity index (χ0) is 12.4. The van der Waals surface area contributed by atoms with Gasteiger partial charge >= 0.3 is 0 Å². The monoisotopic (exact) mass is 235 g/mol. The first kappa shape index (κ1) is 10.9. The van der Waals surface area contributed by atoms with E-state index < -0.39 is 0 Å². The quantitative estimate of drug-likeness (QED) is 0.803. The molecular formula is C15H13N3. The van der Waals surface area contributed by atoms with E-state index >= 15 is 0 Å². The summed E-state index contributed by atoms with van der Waals surface area (Å²) in [5.74, 6) is -0.280. The van der Waals surface area contributed by atoms with Gasteiger partial charge in [-0.25, -0.2) is 0 Å². The first-order valence-corrected chi connectivity index (χ1v) is 6.17. The van der Waals surface area contributed by atoms with Crippen molar-refractivity contribution in [1.82, 2.24) is 4.98 Å². The average Bonchev–Trinajstić information content (AvgIpc) is 2.93. The van der Waals surface area contributed by atoms with E-state index in [0.717, 1.165) is 41.7 Å². The highest BCUT2D eigenvalue weighted by atomic mass is 14.8. The Morgan fingerprint density at radius 2 is 2.06 bits per heavy atom. The summed E-state index contributed by atoms with van der Waals surface area (Å²) in [6.45, 7) is 0.848. The van der Waals surface area contributed by atoms with Crippen molar-refractivity contribution in [3.05, 3.63) is 42.1 Å². The van der Waals surface area contributed by atoms with E-state index in [4.69, 9.17) is 0 Å². The van der Waals surface area contributed by atoms with E-state index in [1.165, 1.54) is 0 Å². The second-order valence-electron chi connectivity index (χ2n) is 4.47. The largest absolute Gasteiger partial charge is 0.292 e. The zero-order valence-corrected chi connectivity index (χ0v) is 10.0. The minimum absolute atomic E-state index is 0.280. The van der Waals surface area contributed by atoms with Crippen molar-refractivity contribution >= 4 is 16.6 Å². The van der Waals surface area contributed by atoms with Crippen LogP contribution in [0.1, 0.15) is 24.5 Å². The van der Waals surface area contributed by atoms with Gasteiger partial charge in [0.2, 0.25) is 0 Å². The van der Waals surface area contributed by atoms with E-state index in [-0.39, 0.29) is 5.92 Å². The molecule has 18 heavy (non-hydrogen) atoms. The molecule has 0 radical (unpaired) electrons. The first-order valence-electron chi connectivity index (χ1n) is 6.17. The van der Waals surface area contributed by atoms with Gasteiger partial charge in [0.25, 0.3) is 0 Å². The number of rotatable bonds is 2. The fraction of sp³-hybridized carbons (Fsp3) is 0.267. The maximum atomic E-state index is 9.34.